The number of aryl methyl sites for hydroxylation is 2. The molecule has 1 aromatic heterocycles. The summed E-state index contributed by atoms with van der Waals surface area (Å²) in [6.07, 6.45) is 0.793. The van der Waals surface area contributed by atoms with Crippen LogP contribution in [0.5, 0.6) is 0 Å². The highest BCUT2D eigenvalue weighted by atomic mass is 79.9. The van der Waals surface area contributed by atoms with Crippen LogP contribution in [0.2, 0.25) is 0 Å². The Morgan fingerprint density at radius 2 is 2.16 bits per heavy atom. The molecule has 4 nitrogen and oxygen atoms in total. The lowest BCUT2D eigenvalue weighted by Gasteiger charge is -2.05. The van der Waals surface area contributed by atoms with E-state index in [1.54, 1.807) is 24.3 Å². The summed E-state index contributed by atoms with van der Waals surface area (Å²) < 4.78 is 27.6. The number of sulfonamides is 1. The topological polar surface area (TPSA) is 59.1 Å². The van der Waals surface area contributed by atoms with Gasteiger partial charge in [-0.05, 0) is 31.5 Å². The summed E-state index contributed by atoms with van der Waals surface area (Å²) in [5.41, 5.74) is 0.928. The standard InChI is InChI=1S/C12H13BrN2O2S2/c1-3-11-8(2)18-12(14-11)15-19(16,17)10-6-4-5-9(13)7-10/h4-7H,3H2,1-2H3,(H,14,15). The maximum Gasteiger partial charge on any atom is 0.263 e. The lowest BCUT2D eigenvalue weighted by Crippen LogP contribution is -2.12. The van der Waals surface area contributed by atoms with Crippen molar-refractivity contribution in [3.05, 3.63) is 39.3 Å². The van der Waals surface area contributed by atoms with Crippen LogP contribution in [0.3, 0.4) is 0 Å². The van der Waals surface area contributed by atoms with E-state index in [1.165, 1.54) is 11.3 Å². The van der Waals surface area contributed by atoms with Crippen LogP contribution in [0.25, 0.3) is 0 Å². The molecule has 1 heterocycles. The van der Waals surface area contributed by atoms with Gasteiger partial charge >= 0.3 is 0 Å². The van der Waals surface area contributed by atoms with Crippen LogP contribution in [0.4, 0.5) is 5.13 Å². The first-order valence-electron chi connectivity index (χ1n) is 5.67. The summed E-state index contributed by atoms with van der Waals surface area (Å²) >= 11 is 4.61. The lowest BCUT2D eigenvalue weighted by atomic mass is 10.3. The SMILES string of the molecule is CCc1nc(NS(=O)(=O)c2cccc(Br)c2)sc1C. The number of anilines is 1. The maximum absolute atomic E-state index is 12.2. The molecule has 0 unspecified atom stereocenters. The highest BCUT2D eigenvalue weighted by molar-refractivity contribution is 9.10. The zero-order valence-electron chi connectivity index (χ0n) is 10.5. The predicted molar refractivity (Wildman–Crippen MR) is 81.2 cm³/mol. The smallest absolute Gasteiger partial charge is 0.255 e. The van der Waals surface area contributed by atoms with Crippen molar-refractivity contribution < 1.29 is 8.42 Å². The zero-order valence-corrected chi connectivity index (χ0v) is 13.7. The van der Waals surface area contributed by atoms with Gasteiger partial charge in [-0.15, -0.1) is 11.3 Å². The molecule has 0 amide bonds. The lowest BCUT2D eigenvalue weighted by molar-refractivity contribution is 0.601. The monoisotopic (exact) mass is 360 g/mol. The Morgan fingerprint density at radius 1 is 1.42 bits per heavy atom. The Morgan fingerprint density at radius 3 is 2.74 bits per heavy atom. The number of hydrogen-bond acceptors (Lipinski definition) is 4. The molecule has 19 heavy (non-hydrogen) atoms. The Kier molecular flexibility index (Phi) is 4.27. The summed E-state index contributed by atoms with van der Waals surface area (Å²) in [6.45, 7) is 3.93. The second kappa shape index (κ2) is 5.60. The summed E-state index contributed by atoms with van der Waals surface area (Å²) in [5.74, 6) is 0. The zero-order chi connectivity index (χ0) is 14.0. The van der Waals surface area contributed by atoms with Crippen LogP contribution in [-0.4, -0.2) is 13.4 Å². The van der Waals surface area contributed by atoms with E-state index in [4.69, 9.17) is 0 Å². The number of hydrogen-bond donors (Lipinski definition) is 1. The molecule has 2 rings (SSSR count). The van der Waals surface area contributed by atoms with Crippen molar-refractivity contribution in [1.29, 1.82) is 0 Å². The number of thiazole rings is 1. The number of nitrogens with zero attached hydrogens (tertiary/aromatic N) is 1. The quantitative estimate of drug-likeness (QED) is 0.906. The van der Waals surface area contributed by atoms with Crippen LogP contribution >= 0.6 is 27.3 Å². The van der Waals surface area contributed by atoms with Crippen molar-refractivity contribution in [2.24, 2.45) is 0 Å². The highest BCUT2D eigenvalue weighted by Gasteiger charge is 2.17. The van der Waals surface area contributed by atoms with Gasteiger partial charge < -0.3 is 0 Å². The molecule has 7 heteroatoms. The fraction of sp³-hybridized carbons (Fsp3) is 0.250. The molecule has 0 saturated carbocycles. The van der Waals surface area contributed by atoms with Gasteiger partial charge in [0.25, 0.3) is 10.0 Å². The summed E-state index contributed by atoms with van der Waals surface area (Å²) in [5, 5.41) is 0.411. The van der Waals surface area contributed by atoms with Crippen molar-refractivity contribution in [1.82, 2.24) is 4.98 Å². The van der Waals surface area contributed by atoms with Crippen molar-refractivity contribution in [2.45, 2.75) is 25.2 Å². The van der Waals surface area contributed by atoms with Crippen LogP contribution in [0.15, 0.2) is 33.6 Å². The van der Waals surface area contributed by atoms with E-state index in [0.717, 1.165) is 21.5 Å². The largest absolute Gasteiger partial charge is 0.263 e. The molecule has 0 spiro atoms. The maximum atomic E-state index is 12.2. The Bertz CT molecular complexity index is 696. The molecule has 0 aliphatic heterocycles. The van der Waals surface area contributed by atoms with Gasteiger partial charge in [0.2, 0.25) is 0 Å². The summed E-state index contributed by atoms with van der Waals surface area (Å²) in [4.78, 5) is 5.53. The average molecular weight is 361 g/mol. The fourth-order valence-electron chi connectivity index (χ4n) is 1.61. The summed E-state index contributed by atoms with van der Waals surface area (Å²) in [7, 11) is -3.58. The van der Waals surface area contributed by atoms with Crippen LogP contribution < -0.4 is 4.72 Å². The second-order valence-electron chi connectivity index (χ2n) is 3.94. The van der Waals surface area contributed by atoms with E-state index in [0.29, 0.717) is 5.13 Å². The second-order valence-corrected chi connectivity index (χ2v) is 7.74. The van der Waals surface area contributed by atoms with E-state index >= 15 is 0 Å². The normalized spacial score (nSPS) is 11.5. The minimum Gasteiger partial charge on any atom is -0.255 e. The van der Waals surface area contributed by atoms with E-state index in [2.05, 4.69) is 25.6 Å². The third-order valence-electron chi connectivity index (χ3n) is 2.56. The Labute approximate surface area is 125 Å². The van der Waals surface area contributed by atoms with Crippen molar-refractivity contribution in [2.75, 3.05) is 4.72 Å². The average Bonchev–Trinajstić information content (AvgIpc) is 2.68. The van der Waals surface area contributed by atoms with E-state index < -0.39 is 10.0 Å². The first-order chi connectivity index (χ1) is 8.92. The molecule has 1 N–H and O–H groups in total. The molecule has 0 aliphatic rings. The summed E-state index contributed by atoms with van der Waals surface area (Å²) in [6, 6.07) is 6.57. The first kappa shape index (κ1) is 14.5. The van der Waals surface area contributed by atoms with E-state index in [-0.39, 0.29) is 4.90 Å². The molecule has 0 aliphatic carbocycles. The third kappa shape index (κ3) is 3.34. The van der Waals surface area contributed by atoms with Gasteiger partial charge in [0, 0.05) is 9.35 Å². The fourth-order valence-corrected chi connectivity index (χ4v) is 4.34. The van der Waals surface area contributed by atoms with Gasteiger partial charge in [-0.3, -0.25) is 4.72 Å². The molecule has 0 radical (unpaired) electrons. The number of nitrogens with one attached hydrogen (secondary N) is 1. The van der Waals surface area contributed by atoms with Gasteiger partial charge in [0.15, 0.2) is 5.13 Å². The van der Waals surface area contributed by atoms with Crippen LogP contribution in [0, 0.1) is 6.92 Å². The predicted octanol–water partition coefficient (Wildman–Crippen LogP) is 3.58. The molecular weight excluding hydrogens is 348 g/mol. The van der Waals surface area contributed by atoms with Gasteiger partial charge in [0.1, 0.15) is 0 Å². The van der Waals surface area contributed by atoms with Crippen molar-refractivity contribution >= 4 is 42.4 Å². The van der Waals surface area contributed by atoms with Gasteiger partial charge in [-0.25, -0.2) is 13.4 Å². The Balaban J connectivity index is 2.31. The number of aromatic nitrogens is 1. The van der Waals surface area contributed by atoms with Crippen LogP contribution in [0.1, 0.15) is 17.5 Å². The first-order valence-corrected chi connectivity index (χ1v) is 8.76. The van der Waals surface area contributed by atoms with Gasteiger partial charge in [-0.2, -0.15) is 0 Å². The molecule has 0 atom stereocenters. The van der Waals surface area contributed by atoms with Crippen molar-refractivity contribution in [3.8, 4) is 0 Å². The van der Waals surface area contributed by atoms with E-state index in [9.17, 15) is 8.42 Å². The van der Waals surface area contributed by atoms with Crippen molar-refractivity contribution in [3.63, 3.8) is 0 Å². The molecule has 0 saturated heterocycles. The third-order valence-corrected chi connectivity index (χ3v) is 5.44. The molecule has 102 valence electrons. The van der Waals surface area contributed by atoms with E-state index in [1.807, 2.05) is 13.8 Å². The van der Waals surface area contributed by atoms with Gasteiger partial charge in [0.05, 0.1) is 10.6 Å². The molecule has 0 fully saturated rings. The number of rotatable bonds is 4. The van der Waals surface area contributed by atoms with Gasteiger partial charge in [-0.1, -0.05) is 28.9 Å². The molecule has 1 aromatic carbocycles. The highest BCUT2D eigenvalue weighted by Crippen LogP contribution is 2.25. The minimum absolute atomic E-state index is 0.216. The molecule has 2 aromatic rings. The molecular formula is C12H13BrN2O2S2. The minimum atomic E-state index is -3.58. The number of benzene rings is 1. The molecule has 0 bridgehead atoms. The number of halogens is 1. The van der Waals surface area contributed by atoms with Crippen LogP contribution in [-0.2, 0) is 16.4 Å². The Hall–Kier alpha value is -0.920.